The Kier molecular flexibility index (Phi) is 6.77. The van der Waals surface area contributed by atoms with Crippen LogP contribution in [-0.2, 0) is 4.79 Å². The van der Waals surface area contributed by atoms with Crippen molar-refractivity contribution >= 4 is 28.4 Å². The predicted molar refractivity (Wildman–Crippen MR) is 162 cm³/mol. The molecule has 3 aromatic rings. The zero-order valence-electron chi connectivity index (χ0n) is 24.2. The molecule has 10 nitrogen and oxygen atoms in total. The van der Waals surface area contributed by atoms with E-state index in [-0.39, 0.29) is 29.7 Å². The number of aromatic amines is 1. The quantitative estimate of drug-likeness (QED) is 0.349. The van der Waals surface area contributed by atoms with E-state index in [1.54, 1.807) is 6.20 Å². The number of hydrogen-bond acceptors (Lipinski definition) is 8. The molecule has 4 aliphatic rings. The zero-order chi connectivity index (χ0) is 29.0. The number of anilines is 2. The molecule has 2 bridgehead atoms. The number of aromatic nitrogens is 3. The van der Waals surface area contributed by atoms with Crippen LogP contribution in [0.25, 0.3) is 22.6 Å². The first-order valence-electron chi connectivity index (χ1n) is 15.2. The van der Waals surface area contributed by atoms with Gasteiger partial charge in [-0.3, -0.25) is 9.69 Å². The average Bonchev–Trinajstić information content (AvgIpc) is 3.79. The maximum absolute atomic E-state index is 12.4. The third kappa shape index (κ3) is 4.66. The molecule has 3 fully saturated rings. The van der Waals surface area contributed by atoms with Crippen molar-refractivity contribution in [2.75, 3.05) is 43.0 Å². The summed E-state index contributed by atoms with van der Waals surface area (Å²) in [5.41, 5.74) is 9.96. The van der Waals surface area contributed by atoms with Gasteiger partial charge >= 0.3 is 0 Å². The molecule has 2 saturated heterocycles. The molecule has 2 aliphatic heterocycles. The second-order valence-electron chi connectivity index (χ2n) is 12.7. The summed E-state index contributed by atoms with van der Waals surface area (Å²) in [5, 5.41) is 13.5. The minimum absolute atomic E-state index is 0.126. The van der Waals surface area contributed by atoms with Crippen molar-refractivity contribution in [1.29, 1.82) is 5.26 Å². The highest BCUT2D eigenvalue weighted by Crippen LogP contribution is 2.46. The molecule has 1 saturated carbocycles. The fraction of sp³-hybridized carbons (Fsp3) is 0.500. The first kappa shape index (κ1) is 26.8. The van der Waals surface area contributed by atoms with E-state index in [4.69, 9.17) is 15.5 Å². The number of rotatable bonds is 8. The van der Waals surface area contributed by atoms with Gasteiger partial charge in [-0.05, 0) is 55.7 Å². The Labute approximate surface area is 245 Å². The summed E-state index contributed by atoms with van der Waals surface area (Å²) in [6.07, 6.45) is 9.21. The van der Waals surface area contributed by atoms with E-state index >= 15 is 0 Å². The molecule has 5 atom stereocenters. The largest absolute Gasteiger partial charge is 0.492 e. The molecule has 10 heteroatoms. The van der Waals surface area contributed by atoms with Gasteiger partial charge in [0.05, 0.1) is 29.3 Å². The Morgan fingerprint density at radius 3 is 2.93 bits per heavy atom. The van der Waals surface area contributed by atoms with Crippen molar-refractivity contribution in [3.63, 3.8) is 0 Å². The topological polar surface area (TPSA) is 136 Å². The smallest absolute Gasteiger partial charge is 0.223 e. The second kappa shape index (κ2) is 10.6. The molecule has 7 rings (SSSR count). The van der Waals surface area contributed by atoms with Gasteiger partial charge < -0.3 is 25.7 Å². The number of H-pyrrole nitrogens is 1. The highest BCUT2D eigenvalue weighted by Gasteiger charge is 2.47. The van der Waals surface area contributed by atoms with Crippen LogP contribution in [0.2, 0.25) is 0 Å². The first-order chi connectivity index (χ1) is 20.4. The van der Waals surface area contributed by atoms with E-state index in [1.165, 1.54) is 19.4 Å². The molecule has 2 aliphatic carbocycles. The van der Waals surface area contributed by atoms with Crippen LogP contribution in [-0.4, -0.2) is 70.6 Å². The molecule has 0 spiro atoms. The number of amides is 1. The summed E-state index contributed by atoms with van der Waals surface area (Å²) in [4.78, 5) is 30.3. The minimum atomic E-state index is -0.327. The number of fused-ring (bicyclic) bond motifs is 4. The number of pyridine rings is 1. The summed E-state index contributed by atoms with van der Waals surface area (Å²) < 4.78 is 6.38. The van der Waals surface area contributed by atoms with Gasteiger partial charge in [0.1, 0.15) is 23.2 Å². The Morgan fingerprint density at radius 1 is 1.26 bits per heavy atom. The number of piperazine rings is 1. The fourth-order valence-corrected chi connectivity index (χ4v) is 7.40. The van der Waals surface area contributed by atoms with Crippen molar-refractivity contribution in [1.82, 2.24) is 19.9 Å². The Bertz CT molecular complexity index is 1590. The number of carbonyl (C=O) groups is 1. The monoisotopic (exact) mass is 566 g/mol. The van der Waals surface area contributed by atoms with Crippen molar-refractivity contribution in [2.45, 2.75) is 45.2 Å². The number of hydrogen-bond donors (Lipinski definition) is 3. The summed E-state index contributed by atoms with van der Waals surface area (Å²) in [6, 6.07) is 9.07. The van der Waals surface area contributed by atoms with E-state index in [0.29, 0.717) is 46.8 Å². The molecular weight excluding hydrogens is 528 g/mol. The van der Waals surface area contributed by atoms with Crippen LogP contribution in [0.3, 0.4) is 0 Å². The lowest BCUT2D eigenvalue weighted by Crippen LogP contribution is -2.50. The van der Waals surface area contributed by atoms with Crippen LogP contribution in [0.4, 0.5) is 11.4 Å². The van der Waals surface area contributed by atoms with Gasteiger partial charge in [0, 0.05) is 49.7 Å². The molecular formula is C32H38N8O2. The summed E-state index contributed by atoms with van der Waals surface area (Å²) >= 11 is 0. The molecule has 218 valence electrons. The minimum Gasteiger partial charge on any atom is -0.492 e. The molecule has 1 unspecified atom stereocenters. The molecule has 2 aromatic heterocycles. The number of imidazole rings is 1. The fourth-order valence-electron chi connectivity index (χ4n) is 7.40. The van der Waals surface area contributed by atoms with Crippen LogP contribution in [0.15, 0.2) is 36.5 Å². The molecule has 0 radical (unpaired) electrons. The lowest BCUT2D eigenvalue weighted by atomic mass is 9.88. The maximum Gasteiger partial charge on any atom is 0.223 e. The van der Waals surface area contributed by atoms with E-state index in [0.717, 1.165) is 43.1 Å². The Hall–Kier alpha value is -4.10. The first-order valence-corrected chi connectivity index (χ1v) is 15.2. The zero-order valence-corrected chi connectivity index (χ0v) is 24.2. The predicted octanol–water partition coefficient (Wildman–Crippen LogP) is 3.90. The summed E-state index contributed by atoms with van der Waals surface area (Å²) in [5.74, 6) is 1.42. The lowest BCUT2D eigenvalue weighted by molar-refractivity contribution is -0.122. The van der Waals surface area contributed by atoms with Crippen molar-refractivity contribution in [3.05, 3.63) is 42.1 Å². The average molecular weight is 567 g/mol. The number of carbonyl (C=O) groups excluding carboxylic acids is 1. The standard InChI is InChI=1S/C32H38N8O2/c1-18(2)17-42-25-13-22(40-11-10-39-9-3-4-23(39)16-40)7-8-24(25)31-37-29-28(21(14-33)15-35-32(29)38-31)36-27-20-6-5-19(12-20)26(27)30(34)41/h5-8,13,15,18-20,23,26-27H,3-4,9-12,16-17H2,1-2H3,(H2,34,41)(H2,35,36,37,38)/t19-,20+,23?,26+,27-/m1/s1. The van der Waals surface area contributed by atoms with E-state index in [9.17, 15) is 10.1 Å². The number of allylic oxidation sites excluding steroid dienone is 1. The van der Waals surface area contributed by atoms with Crippen molar-refractivity contribution < 1.29 is 9.53 Å². The van der Waals surface area contributed by atoms with E-state index in [1.807, 2.05) is 0 Å². The van der Waals surface area contributed by atoms with Gasteiger partial charge in [0.25, 0.3) is 0 Å². The van der Waals surface area contributed by atoms with Gasteiger partial charge in [0.2, 0.25) is 5.91 Å². The van der Waals surface area contributed by atoms with Crippen molar-refractivity contribution in [2.24, 2.45) is 29.4 Å². The van der Waals surface area contributed by atoms with Gasteiger partial charge in [0.15, 0.2) is 5.65 Å². The number of nitriles is 1. The molecule has 4 N–H and O–H groups in total. The van der Waals surface area contributed by atoms with Gasteiger partial charge in [-0.25, -0.2) is 9.97 Å². The molecule has 1 amide bonds. The van der Waals surface area contributed by atoms with E-state index in [2.05, 4.69) is 75.4 Å². The number of nitrogens with zero attached hydrogens (tertiary/aromatic N) is 5. The van der Waals surface area contributed by atoms with Gasteiger partial charge in [-0.15, -0.1) is 0 Å². The summed E-state index contributed by atoms with van der Waals surface area (Å²) in [7, 11) is 0. The van der Waals surface area contributed by atoms with Crippen LogP contribution >= 0.6 is 0 Å². The number of nitrogens with two attached hydrogens (primary N) is 1. The maximum atomic E-state index is 12.4. The third-order valence-corrected chi connectivity index (χ3v) is 9.48. The van der Waals surface area contributed by atoms with Crippen molar-refractivity contribution in [3.8, 4) is 23.2 Å². The number of nitrogens with one attached hydrogen (secondary N) is 2. The lowest BCUT2D eigenvalue weighted by Gasteiger charge is -2.39. The van der Waals surface area contributed by atoms with Gasteiger partial charge in [-0.1, -0.05) is 26.0 Å². The van der Waals surface area contributed by atoms with Crippen LogP contribution in [0.5, 0.6) is 5.75 Å². The van der Waals surface area contributed by atoms with E-state index < -0.39 is 0 Å². The third-order valence-electron chi connectivity index (χ3n) is 9.48. The number of benzene rings is 1. The second-order valence-corrected chi connectivity index (χ2v) is 12.7. The number of ether oxygens (including phenoxy) is 1. The molecule has 1 aromatic carbocycles. The van der Waals surface area contributed by atoms with Crippen LogP contribution in [0.1, 0.15) is 38.7 Å². The normalized spacial score (nSPS) is 26.6. The highest BCUT2D eigenvalue weighted by atomic mass is 16.5. The summed E-state index contributed by atoms with van der Waals surface area (Å²) in [6.45, 7) is 9.21. The SMILES string of the molecule is CC(C)COc1cc(N2CCN3CCCC3C2)ccc1-c1nc2ncc(C#N)c(N[C@H]3[C@@H](C(N)=O)[C@@H]4C=C[C@H]3C4)c2[nH]1. The van der Waals surface area contributed by atoms with Crippen LogP contribution in [0, 0.1) is 35.0 Å². The highest BCUT2D eigenvalue weighted by molar-refractivity contribution is 5.92. The molecule has 4 heterocycles. The molecule has 42 heavy (non-hydrogen) atoms. The number of primary amides is 1. The van der Waals surface area contributed by atoms with Gasteiger partial charge in [-0.2, -0.15) is 5.26 Å². The Morgan fingerprint density at radius 2 is 2.12 bits per heavy atom. The van der Waals surface area contributed by atoms with Crippen LogP contribution < -0.4 is 20.7 Å². The Balaban J connectivity index is 1.24.